The number of carbonyl (C=O) groups is 1. The third-order valence-corrected chi connectivity index (χ3v) is 5.48. The van der Waals surface area contributed by atoms with Crippen molar-refractivity contribution >= 4 is 28.6 Å². The average Bonchev–Trinajstić information content (AvgIpc) is 3.37. The van der Waals surface area contributed by atoms with Gasteiger partial charge in [-0.15, -0.1) is 10.2 Å². The molecule has 0 unspecified atom stereocenters. The molecule has 1 amide bonds. The molecule has 1 saturated heterocycles. The molecule has 3 aromatic rings. The van der Waals surface area contributed by atoms with Gasteiger partial charge in [0.2, 0.25) is 17.7 Å². The van der Waals surface area contributed by atoms with Gasteiger partial charge < -0.3 is 19.4 Å². The molecule has 0 bridgehead atoms. The first-order valence-corrected chi connectivity index (χ1v) is 10.8. The predicted molar refractivity (Wildman–Crippen MR) is 113 cm³/mol. The maximum atomic E-state index is 14.7. The molecule has 1 fully saturated rings. The van der Waals surface area contributed by atoms with E-state index >= 15 is 0 Å². The van der Waals surface area contributed by atoms with Gasteiger partial charge in [-0.05, 0) is 43.5 Å². The number of aromatic nitrogens is 2. The number of nitrogens with one attached hydrogen (secondary N) is 1. The molecule has 4 rings (SSSR count). The van der Waals surface area contributed by atoms with E-state index in [9.17, 15) is 9.18 Å². The molecule has 3 heterocycles. The number of halogens is 1. The van der Waals surface area contributed by atoms with Crippen LogP contribution in [0.3, 0.4) is 0 Å². The fraction of sp³-hybridized carbons (Fsp3) is 0.381. The number of rotatable bonds is 6. The number of benzene rings is 1. The molecule has 1 aromatic carbocycles. The van der Waals surface area contributed by atoms with Crippen LogP contribution in [0.25, 0.3) is 11.5 Å². The summed E-state index contributed by atoms with van der Waals surface area (Å²) in [6.45, 7) is 5.21. The number of thiophene rings is 1. The van der Waals surface area contributed by atoms with Crippen LogP contribution in [0, 0.1) is 5.82 Å². The molecule has 0 aliphatic carbocycles. The molecule has 1 aliphatic heterocycles. The maximum absolute atomic E-state index is 14.7. The highest BCUT2D eigenvalue weighted by Gasteiger charge is 2.24. The van der Waals surface area contributed by atoms with E-state index in [2.05, 4.69) is 15.5 Å². The second kappa shape index (κ2) is 8.93. The lowest BCUT2D eigenvalue weighted by Gasteiger charge is -2.37. The van der Waals surface area contributed by atoms with Crippen LogP contribution < -0.4 is 10.2 Å². The molecule has 2 atom stereocenters. The van der Waals surface area contributed by atoms with Crippen LogP contribution in [-0.4, -0.2) is 41.4 Å². The summed E-state index contributed by atoms with van der Waals surface area (Å²) in [5.41, 5.74) is 1.80. The molecule has 30 heavy (non-hydrogen) atoms. The summed E-state index contributed by atoms with van der Waals surface area (Å²) in [6.07, 6.45) is 0.551. The van der Waals surface area contributed by atoms with E-state index in [4.69, 9.17) is 9.15 Å². The van der Waals surface area contributed by atoms with Gasteiger partial charge in [-0.3, -0.25) is 4.79 Å². The van der Waals surface area contributed by atoms with E-state index in [1.807, 2.05) is 35.6 Å². The molecular formula is C21H23FN4O3S. The van der Waals surface area contributed by atoms with Crippen molar-refractivity contribution in [2.24, 2.45) is 0 Å². The second-order valence-electron chi connectivity index (χ2n) is 7.39. The van der Waals surface area contributed by atoms with Crippen LogP contribution in [0.2, 0.25) is 0 Å². The Balaban J connectivity index is 1.33. The Bertz CT molecular complexity index is 998. The number of hydrogen-bond acceptors (Lipinski definition) is 7. The zero-order chi connectivity index (χ0) is 21.1. The predicted octanol–water partition coefficient (Wildman–Crippen LogP) is 4.12. The van der Waals surface area contributed by atoms with Gasteiger partial charge in [-0.1, -0.05) is 0 Å². The zero-order valence-corrected chi connectivity index (χ0v) is 17.6. The number of amides is 1. The molecule has 1 aliphatic rings. The number of hydrogen-bond donors (Lipinski definition) is 1. The minimum absolute atomic E-state index is 0.0393. The summed E-state index contributed by atoms with van der Waals surface area (Å²) in [5, 5.41) is 14.5. The van der Waals surface area contributed by atoms with Gasteiger partial charge in [-0.25, -0.2) is 4.39 Å². The van der Waals surface area contributed by atoms with Crippen molar-refractivity contribution in [3.05, 3.63) is 46.7 Å². The molecule has 0 spiro atoms. The van der Waals surface area contributed by atoms with E-state index in [-0.39, 0.29) is 30.4 Å². The molecule has 0 saturated carbocycles. The van der Waals surface area contributed by atoms with Crippen LogP contribution in [-0.2, 0) is 16.0 Å². The zero-order valence-electron chi connectivity index (χ0n) is 16.8. The summed E-state index contributed by atoms with van der Waals surface area (Å²) in [7, 11) is 0. The highest BCUT2D eigenvalue weighted by molar-refractivity contribution is 7.08. The topological polar surface area (TPSA) is 80.5 Å². The van der Waals surface area contributed by atoms with E-state index in [1.54, 1.807) is 23.5 Å². The van der Waals surface area contributed by atoms with E-state index < -0.39 is 0 Å². The SMILES string of the molecule is C[C@@H]1CN(c2ccc(NC(=O)CCc3nnc(-c4ccsc4)o3)cc2F)C[C@H](C)O1. The molecule has 0 radical (unpaired) electrons. The summed E-state index contributed by atoms with van der Waals surface area (Å²) in [4.78, 5) is 14.2. The Morgan fingerprint density at radius 1 is 1.27 bits per heavy atom. The van der Waals surface area contributed by atoms with Crippen LogP contribution in [0.15, 0.2) is 39.4 Å². The molecule has 1 N–H and O–H groups in total. The third-order valence-electron chi connectivity index (χ3n) is 4.79. The van der Waals surface area contributed by atoms with Crippen molar-refractivity contribution in [2.75, 3.05) is 23.3 Å². The van der Waals surface area contributed by atoms with Crippen molar-refractivity contribution < 1.29 is 18.3 Å². The van der Waals surface area contributed by atoms with Gasteiger partial charge in [0.1, 0.15) is 5.82 Å². The first-order chi connectivity index (χ1) is 14.5. The normalized spacial score (nSPS) is 19.1. The van der Waals surface area contributed by atoms with Gasteiger partial charge in [0.15, 0.2) is 0 Å². The van der Waals surface area contributed by atoms with Gasteiger partial charge in [-0.2, -0.15) is 11.3 Å². The van der Waals surface area contributed by atoms with Crippen molar-refractivity contribution in [3.8, 4) is 11.5 Å². The summed E-state index contributed by atoms with van der Waals surface area (Å²) >= 11 is 1.54. The van der Waals surface area contributed by atoms with Crippen LogP contribution in [0.5, 0.6) is 0 Å². The average molecular weight is 431 g/mol. The van der Waals surface area contributed by atoms with E-state index in [0.717, 1.165) is 5.56 Å². The van der Waals surface area contributed by atoms with E-state index in [0.29, 0.717) is 42.7 Å². The van der Waals surface area contributed by atoms with Crippen molar-refractivity contribution in [1.29, 1.82) is 0 Å². The monoisotopic (exact) mass is 430 g/mol. The summed E-state index contributed by atoms with van der Waals surface area (Å²) < 4.78 is 25.9. The standard InChI is InChI=1S/C21H23FN4O3S/c1-13-10-26(11-14(2)28-13)18-4-3-16(9-17(18)22)23-19(27)5-6-20-24-25-21(29-20)15-7-8-30-12-15/h3-4,7-9,12-14H,5-6,10-11H2,1-2H3,(H,23,27)/t13-,14+. The number of morpholine rings is 1. The largest absolute Gasteiger partial charge is 0.421 e. The minimum Gasteiger partial charge on any atom is -0.421 e. The second-order valence-corrected chi connectivity index (χ2v) is 8.17. The quantitative estimate of drug-likeness (QED) is 0.634. The van der Waals surface area contributed by atoms with Gasteiger partial charge in [0.05, 0.1) is 17.9 Å². The molecule has 9 heteroatoms. The van der Waals surface area contributed by atoms with E-state index in [1.165, 1.54) is 6.07 Å². The number of nitrogens with zero attached hydrogens (tertiary/aromatic N) is 3. The smallest absolute Gasteiger partial charge is 0.248 e. The number of aryl methyl sites for hydroxylation is 1. The Labute approximate surface area is 177 Å². The molecule has 2 aromatic heterocycles. The van der Waals surface area contributed by atoms with Crippen LogP contribution in [0.4, 0.5) is 15.8 Å². The Morgan fingerprint density at radius 2 is 2.07 bits per heavy atom. The fourth-order valence-corrected chi connectivity index (χ4v) is 4.15. The third kappa shape index (κ3) is 4.85. The molecular weight excluding hydrogens is 407 g/mol. The lowest BCUT2D eigenvalue weighted by atomic mass is 10.1. The number of anilines is 2. The number of ether oxygens (including phenoxy) is 1. The summed E-state index contributed by atoms with van der Waals surface area (Å²) in [6, 6.07) is 6.65. The Hall–Kier alpha value is -2.78. The Kier molecular flexibility index (Phi) is 6.10. The first kappa shape index (κ1) is 20.5. The van der Waals surface area contributed by atoms with Gasteiger partial charge in [0.25, 0.3) is 0 Å². The lowest BCUT2D eigenvalue weighted by Crippen LogP contribution is -2.45. The van der Waals surface area contributed by atoms with Crippen molar-refractivity contribution in [1.82, 2.24) is 10.2 Å². The van der Waals surface area contributed by atoms with Crippen LogP contribution >= 0.6 is 11.3 Å². The highest BCUT2D eigenvalue weighted by atomic mass is 32.1. The Morgan fingerprint density at radius 3 is 2.77 bits per heavy atom. The van der Waals surface area contributed by atoms with Crippen molar-refractivity contribution in [3.63, 3.8) is 0 Å². The molecule has 7 nitrogen and oxygen atoms in total. The fourth-order valence-electron chi connectivity index (χ4n) is 3.52. The molecule has 158 valence electrons. The van der Waals surface area contributed by atoms with Crippen LogP contribution in [0.1, 0.15) is 26.2 Å². The van der Waals surface area contributed by atoms with Gasteiger partial charge >= 0.3 is 0 Å². The highest BCUT2D eigenvalue weighted by Crippen LogP contribution is 2.26. The maximum Gasteiger partial charge on any atom is 0.248 e. The van der Waals surface area contributed by atoms with Gasteiger partial charge in [0, 0.05) is 42.6 Å². The van der Waals surface area contributed by atoms with Crippen molar-refractivity contribution in [2.45, 2.75) is 38.9 Å². The lowest BCUT2D eigenvalue weighted by molar-refractivity contribution is -0.116. The minimum atomic E-state index is -0.369. The first-order valence-electron chi connectivity index (χ1n) is 9.82. The summed E-state index contributed by atoms with van der Waals surface area (Å²) in [5.74, 6) is 0.219. The number of carbonyl (C=O) groups excluding carboxylic acids is 1.